The second kappa shape index (κ2) is 7.06. The van der Waals surface area contributed by atoms with Gasteiger partial charge in [0.2, 0.25) is 10.0 Å². The number of amides is 3. The summed E-state index contributed by atoms with van der Waals surface area (Å²) in [6.45, 7) is 1.21. The second-order valence-corrected chi connectivity index (χ2v) is 8.98. The molecule has 2 aliphatic heterocycles. The summed E-state index contributed by atoms with van der Waals surface area (Å²) in [6.07, 6.45) is -1.48. The minimum Gasteiger partial charge on any atom is -0.309 e. The van der Waals surface area contributed by atoms with Gasteiger partial charge in [0, 0.05) is 13.0 Å². The molecule has 0 aliphatic carbocycles. The van der Waals surface area contributed by atoms with E-state index in [1.165, 1.54) is 6.92 Å². The van der Waals surface area contributed by atoms with E-state index in [9.17, 15) is 26.8 Å². The van der Waals surface area contributed by atoms with Crippen LogP contribution in [0, 0.1) is 5.82 Å². The molecule has 0 aromatic heterocycles. The van der Waals surface area contributed by atoms with Gasteiger partial charge in [0.15, 0.2) is 0 Å². The van der Waals surface area contributed by atoms with Crippen LogP contribution in [0.2, 0.25) is 5.02 Å². The molecule has 0 saturated carbocycles. The lowest BCUT2D eigenvalue weighted by atomic mass is 10.2. The number of urea groups is 1. The molecule has 2 fully saturated rings. The normalized spacial score (nSPS) is 22.6. The lowest BCUT2D eigenvalue weighted by molar-refractivity contribution is -0.119. The van der Waals surface area contributed by atoms with Gasteiger partial charge >= 0.3 is 6.03 Å². The Labute approximate surface area is 164 Å². The third-order valence-electron chi connectivity index (χ3n) is 4.48. The van der Waals surface area contributed by atoms with Crippen LogP contribution in [0.4, 0.5) is 25.0 Å². The Kier molecular flexibility index (Phi) is 5.26. The molecular weight excluding hydrogens is 427 g/mol. The highest BCUT2D eigenvalue weighted by Gasteiger charge is 2.52. The van der Waals surface area contributed by atoms with E-state index in [4.69, 9.17) is 23.2 Å². The van der Waals surface area contributed by atoms with Gasteiger partial charge in [-0.3, -0.25) is 9.10 Å². The Morgan fingerprint density at radius 1 is 1.33 bits per heavy atom. The molecule has 3 amide bonds. The fourth-order valence-electron chi connectivity index (χ4n) is 3.29. The Morgan fingerprint density at radius 2 is 2.00 bits per heavy atom. The molecule has 7 nitrogen and oxygen atoms in total. The Morgan fingerprint density at radius 3 is 2.56 bits per heavy atom. The Balaban J connectivity index is 2.08. The summed E-state index contributed by atoms with van der Waals surface area (Å²) in [6, 6.07) is -0.0306. The summed E-state index contributed by atoms with van der Waals surface area (Å²) >= 11 is 11.5. The van der Waals surface area contributed by atoms with Crippen molar-refractivity contribution in [2.45, 2.75) is 25.6 Å². The molecule has 1 aromatic carbocycles. The smallest absolute Gasteiger partial charge is 0.309 e. The number of rotatable bonds is 5. The summed E-state index contributed by atoms with van der Waals surface area (Å²) in [4.78, 5) is 26.7. The van der Waals surface area contributed by atoms with Crippen LogP contribution < -0.4 is 9.21 Å². The number of hydrogen-bond donors (Lipinski definition) is 0. The molecule has 0 N–H and O–H groups in total. The quantitative estimate of drug-likeness (QED) is 0.519. The zero-order valence-corrected chi connectivity index (χ0v) is 16.4. The highest BCUT2D eigenvalue weighted by molar-refractivity contribution is 7.93. The van der Waals surface area contributed by atoms with E-state index < -0.39 is 50.9 Å². The predicted octanol–water partition coefficient (Wildman–Crippen LogP) is 2.71. The molecule has 148 valence electrons. The van der Waals surface area contributed by atoms with Gasteiger partial charge in [0.05, 0.1) is 22.9 Å². The number of sulfonamides is 1. The van der Waals surface area contributed by atoms with Crippen LogP contribution in [0.3, 0.4) is 0 Å². The number of hydrogen-bond acceptors (Lipinski definition) is 4. The summed E-state index contributed by atoms with van der Waals surface area (Å²) in [5, 5.41) is -0.964. The first kappa shape index (κ1) is 20.1. The van der Waals surface area contributed by atoms with E-state index in [1.54, 1.807) is 0 Å². The topological polar surface area (TPSA) is 78.0 Å². The Bertz CT molecular complexity index is 891. The first-order valence-electron chi connectivity index (χ1n) is 7.96. The number of alkyl halides is 2. The number of fused-ring (bicyclic) bond motifs is 1. The molecule has 0 radical (unpaired) electrons. The van der Waals surface area contributed by atoms with Gasteiger partial charge < -0.3 is 4.90 Å². The zero-order valence-electron chi connectivity index (χ0n) is 14.0. The van der Waals surface area contributed by atoms with E-state index >= 15 is 0 Å². The molecule has 1 aromatic rings. The van der Waals surface area contributed by atoms with E-state index in [1.807, 2.05) is 0 Å². The molecule has 2 aliphatic rings. The van der Waals surface area contributed by atoms with Crippen molar-refractivity contribution in [1.29, 1.82) is 0 Å². The molecule has 3 rings (SSSR count). The maximum Gasteiger partial charge on any atom is 0.332 e. The van der Waals surface area contributed by atoms with Crippen molar-refractivity contribution in [3.05, 3.63) is 23.0 Å². The second-order valence-electron chi connectivity index (χ2n) is 6.10. The summed E-state index contributed by atoms with van der Waals surface area (Å²) in [5.41, 5.74) is -0.565. The van der Waals surface area contributed by atoms with Gasteiger partial charge in [-0.25, -0.2) is 26.9 Å². The van der Waals surface area contributed by atoms with Crippen LogP contribution >= 0.6 is 23.2 Å². The molecular formula is C15H15Cl2F2N3O4S. The first-order valence-corrected chi connectivity index (χ1v) is 10.5. The van der Waals surface area contributed by atoms with Crippen molar-refractivity contribution in [2.75, 3.05) is 27.5 Å². The lowest BCUT2D eigenvalue weighted by Gasteiger charge is -2.25. The molecule has 2 atom stereocenters. The van der Waals surface area contributed by atoms with Crippen LogP contribution in [0.5, 0.6) is 0 Å². The number of halogens is 4. The van der Waals surface area contributed by atoms with Crippen molar-refractivity contribution in [3.8, 4) is 0 Å². The van der Waals surface area contributed by atoms with Crippen LogP contribution in [-0.4, -0.2) is 55.8 Å². The third kappa shape index (κ3) is 3.23. The number of nitrogens with zero attached hydrogens (tertiary/aromatic N) is 3. The van der Waals surface area contributed by atoms with Crippen molar-refractivity contribution >= 4 is 56.5 Å². The van der Waals surface area contributed by atoms with Crippen molar-refractivity contribution in [1.82, 2.24) is 4.90 Å². The summed E-state index contributed by atoms with van der Waals surface area (Å²) in [7, 11) is -3.94. The van der Waals surface area contributed by atoms with Gasteiger partial charge in [0.1, 0.15) is 23.2 Å². The summed E-state index contributed by atoms with van der Waals surface area (Å²) in [5.74, 6) is -1.75. The van der Waals surface area contributed by atoms with E-state index in [0.29, 0.717) is 4.90 Å². The number of benzene rings is 1. The standard InChI is InChI=1S/C15H15Cl2F2N3O4S/c1-2-21(27(25,26)7-16)11-5-12(10(19)4-9(11)17)22-14(23)13-3-8(18)6-20(13)15(22)24/h4-5,8,13H,2-3,6-7H2,1H3/t8-,13+/m0/s1. The number of carbonyl (C=O) groups is 2. The summed E-state index contributed by atoms with van der Waals surface area (Å²) < 4.78 is 53.2. The highest BCUT2D eigenvalue weighted by atomic mass is 35.5. The first-order chi connectivity index (χ1) is 12.6. The number of carbonyl (C=O) groups excluding carboxylic acids is 2. The Hall–Kier alpha value is -1.65. The highest BCUT2D eigenvalue weighted by Crippen LogP contribution is 2.39. The maximum atomic E-state index is 14.5. The van der Waals surface area contributed by atoms with Crippen LogP contribution in [-0.2, 0) is 14.8 Å². The average molecular weight is 442 g/mol. The van der Waals surface area contributed by atoms with E-state index in [-0.39, 0.29) is 30.2 Å². The maximum absolute atomic E-state index is 14.5. The number of anilines is 2. The molecule has 0 bridgehead atoms. The van der Waals surface area contributed by atoms with Crippen LogP contribution in [0.25, 0.3) is 0 Å². The van der Waals surface area contributed by atoms with Gasteiger partial charge in [0.25, 0.3) is 5.91 Å². The van der Waals surface area contributed by atoms with Crippen LogP contribution in [0.15, 0.2) is 12.1 Å². The third-order valence-corrected chi connectivity index (χ3v) is 7.01. The van der Waals surface area contributed by atoms with Gasteiger partial charge in [-0.1, -0.05) is 11.6 Å². The van der Waals surface area contributed by atoms with Gasteiger partial charge in [-0.2, -0.15) is 0 Å². The molecule has 2 heterocycles. The molecule has 2 saturated heterocycles. The number of imide groups is 1. The van der Waals surface area contributed by atoms with Gasteiger partial charge in [-0.05, 0) is 19.1 Å². The van der Waals surface area contributed by atoms with Crippen molar-refractivity contribution in [3.63, 3.8) is 0 Å². The average Bonchev–Trinajstić information content (AvgIpc) is 3.09. The minimum absolute atomic E-state index is 0.0555. The fraction of sp³-hybridized carbons (Fsp3) is 0.467. The molecule has 0 spiro atoms. The van der Waals surface area contributed by atoms with Crippen molar-refractivity contribution < 1.29 is 26.8 Å². The largest absolute Gasteiger partial charge is 0.332 e. The van der Waals surface area contributed by atoms with E-state index in [2.05, 4.69) is 0 Å². The van der Waals surface area contributed by atoms with Crippen molar-refractivity contribution in [2.24, 2.45) is 0 Å². The molecule has 27 heavy (non-hydrogen) atoms. The predicted molar refractivity (Wildman–Crippen MR) is 97.0 cm³/mol. The lowest BCUT2D eigenvalue weighted by Crippen LogP contribution is -2.36. The monoisotopic (exact) mass is 441 g/mol. The fourth-order valence-corrected chi connectivity index (χ4v) is 4.91. The van der Waals surface area contributed by atoms with Gasteiger partial charge in [-0.15, -0.1) is 11.6 Å². The van der Waals surface area contributed by atoms with E-state index in [0.717, 1.165) is 21.3 Å². The minimum atomic E-state index is -3.94. The molecule has 0 unspecified atom stereocenters. The van der Waals surface area contributed by atoms with Crippen LogP contribution in [0.1, 0.15) is 13.3 Å². The SMILES string of the molecule is CCN(c1cc(N2C(=O)[C@H]3C[C@H](F)CN3C2=O)c(F)cc1Cl)S(=O)(=O)CCl. The zero-order chi connectivity index (χ0) is 20.1. The molecule has 12 heteroatoms.